The first kappa shape index (κ1) is 15.1. The van der Waals surface area contributed by atoms with Crippen molar-refractivity contribution < 1.29 is 18.9 Å². The summed E-state index contributed by atoms with van der Waals surface area (Å²) in [5.74, 6) is 1.14. The Kier molecular flexibility index (Phi) is 7.19. The van der Waals surface area contributed by atoms with E-state index in [1.807, 2.05) is 6.07 Å². The van der Waals surface area contributed by atoms with Crippen LogP contribution in [0.5, 0.6) is 11.5 Å². The number of nitrogens with zero attached hydrogens (tertiary/aromatic N) is 3. The van der Waals surface area contributed by atoms with Gasteiger partial charge in [0.25, 0.3) is 0 Å². The zero-order valence-electron chi connectivity index (χ0n) is 11.0. The zero-order valence-corrected chi connectivity index (χ0v) is 11.0. The van der Waals surface area contributed by atoms with Gasteiger partial charge < -0.3 is 18.9 Å². The van der Waals surface area contributed by atoms with Gasteiger partial charge in [-0.2, -0.15) is 0 Å². The van der Waals surface area contributed by atoms with Crippen LogP contribution in [0.1, 0.15) is 5.56 Å². The van der Waals surface area contributed by atoms with Gasteiger partial charge in [-0.05, 0) is 23.2 Å². The Morgan fingerprint density at radius 1 is 1.21 bits per heavy atom. The van der Waals surface area contributed by atoms with Crippen molar-refractivity contribution in [1.82, 2.24) is 0 Å². The van der Waals surface area contributed by atoms with Crippen molar-refractivity contribution in [3.05, 3.63) is 34.2 Å². The fraction of sp³-hybridized carbons (Fsp3) is 0.500. The van der Waals surface area contributed by atoms with Crippen molar-refractivity contribution in [2.24, 2.45) is 5.11 Å². The molecular formula is C12H17N3O4. The lowest BCUT2D eigenvalue weighted by atomic mass is 10.2. The number of methoxy groups -OCH3 is 2. The average molecular weight is 267 g/mol. The molecule has 1 aromatic rings. The van der Waals surface area contributed by atoms with Crippen LogP contribution in [-0.4, -0.2) is 34.2 Å². The van der Waals surface area contributed by atoms with E-state index in [2.05, 4.69) is 10.0 Å². The molecule has 0 saturated heterocycles. The number of benzene rings is 1. The maximum absolute atomic E-state index is 8.27. The second kappa shape index (κ2) is 9.04. The molecule has 0 bridgehead atoms. The van der Waals surface area contributed by atoms with Crippen molar-refractivity contribution in [1.29, 1.82) is 0 Å². The molecule has 0 N–H and O–H groups in total. The van der Waals surface area contributed by atoms with Crippen molar-refractivity contribution in [3.63, 3.8) is 0 Å². The van der Waals surface area contributed by atoms with E-state index >= 15 is 0 Å². The minimum atomic E-state index is 0.120. The molecule has 0 spiro atoms. The van der Waals surface area contributed by atoms with Gasteiger partial charge in [0.2, 0.25) is 0 Å². The standard InChI is InChI=1S/C12H17N3O4/c1-16-5-6-18-9-19-11-4-3-10(8-14-15-13)7-12(11)17-2/h3-4,7H,5-6,8-9H2,1-2H3. The Hall–Kier alpha value is -1.95. The average Bonchev–Trinajstić information content (AvgIpc) is 2.45. The highest BCUT2D eigenvalue weighted by molar-refractivity contribution is 5.42. The Balaban J connectivity index is 2.55. The minimum Gasteiger partial charge on any atom is -0.493 e. The third-order valence-electron chi connectivity index (χ3n) is 2.27. The summed E-state index contributed by atoms with van der Waals surface area (Å²) in [6, 6.07) is 5.32. The molecule has 0 aromatic heterocycles. The van der Waals surface area contributed by atoms with Gasteiger partial charge in [0.05, 0.1) is 26.9 Å². The van der Waals surface area contributed by atoms with E-state index in [0.717, 1.165) is 5.56 Å². The van der Waals surface area contributed by atoms with Gasteiger partial charge in [-0.1, -0.05) is 11.2 Å². The molecule has 0 amide bonds. The maximum atomic E-state index is 8.27. The Morgan fingerprint density at radius 2 is 2.05 bits per heavy atom. The van der Waals surface area contributed by atoms with Crippen molar-refractivity contribution in [2.75, 3.05) is 34.2 Å². The first-order chi connectivity index (χ1) is 9.31. The van der Waals surface area contributed by atoms with Gasteiger partial charge >= 0.3 is 0 Å². The number of azide groups is 1. The Bertz CT molecular complexity index is 433. The lowest BCUT2D eigenvalue weighted by Gasteiger charge is -2.11. The topological polar surface area (TPSA) is 85.7 Å². The van der Waals surface area contributed by atoms with Crippen LogP contribution >= 0.6 is 0 Å². The maximum Gasteiger partial charge on any atom is 0.189 e. The molecule has 7 heteroatoms. The second-order valence-corrected chi connectivity index (χ2v) is 3.54. The van der Waals surface area contributed by atoms with E-state index < -0.39 is 0 Å². The molecule has 0 atom stereocenters. The molecule has 1 rings (SSSR count). The van der Waals surface area contributed by atoms with Crippen LogP contribution in [-0.2, 0) is 16.0 Å². The molecular weight excluding hydrogens is 250 g/mol. The highest BCUT2D eigenvalue weighted by atomic mass is 16.7. The number of ether oxygens (including phenoxy) is 4. The molecule has 0 aliphatic heterocycles. The summed E-state index contributed by atoms with van der Waals surface area (Å²) in [6.45, 7) is 1.38. The quantitative estimate of drug-likeness (QED) is 0.226. The third-order valence-corrected chi connectivity index (χ3v) is 2.27. The van der Waals surface area contributed by atoms with Gasteiger partial charge in [0.1, 0.15) is 0 Å². The van der Waals surface area contributed by atoms with Crippen LogP contribution in [0, 0.1) is 0 Å². The lowest BCUT2D eigenvalue weighted by Crippen LogP contribution is -2.08. The van der Waals surface area contributed by atoms with Gasteiger partial charge in [0.15, 0.2) is 18.3 Å². The molecule has 0 aliphatic carbocycles. The molecule has 0 radical (unpaired) electrons. The Morgan fingerprint density at radius 3 is 2.74 bits per heavy atom. The highest BCUT2D eigenvalue weighted by Crippen LogP contribution is 2.28. The molecule has 0 unspecified atom stereocenters. The largest absolute Gasteiger partial charge is 0.493 e. The molecule has 1 aromatic carbocycles. The van der Waals surface area contributed by atoms with E-state index in [4.69, 9.17) is 24.5 Å². The number of hydrogen-bond donors (Lipinski definition) is 0. The first-order valence-corrected chi connectivity index (χ1v) is 5.69. The van der Waals surface area contributed by atoms with Crippen LogP contribution in [0.25, 0.3) is 10.4 Å². The second-order valence-electron chi connectivity index (χ2n) is 3.54. The fourth-order valence-corrected chi connectivity index (χ4v) is 1.35. The van der Waals surface area contributed by atoms with Gasteiger partial charge in [0, 0.05) is 12.0 Å². The smallest absolute Gasteiger partial charge is 0.189 e. The summed E-state index contributed by atoms with van der Waals surface area (Å²) in [4.78, 5) is 2.71. The molecule has 0 fully saturated rings. The van der Waals surface area contributed by atoms with E-state index in [-0.39, 0.29) is 13.3 Å². The molecule has 0 saturated carbocycles. The van der Waals surface area contributed by atoms with Crippen LogP contribution in [0.3, 0.4) is 0 Å². The van der Waals surface area contributed by atoms with E-state index in [1.165, 1.54) is 0 Å². The van der Waals surface area contributed by atoms with E-state index in [0.29, 0.717) is 24.7 Å². The number of rotatable bonds is 9. The van der Waals surface area contributed by atoms with Crippen LogP contribution in [0.4, 0.5) is 0 Å². The van der Waals surface area contributed by atoms with Gasteiger partial charge in [-0.25, -0.2) is 0 Å². The SMILES string of the molecule is COCCOCOc1ccc(CN=[N+]=[N-])cc1OC. The third kappa shape index (κ3) is 5.48. The fourth-order valence-electron chi connectivity index (χ4n) is 1.35. The Labute approximate surface area is 111 Å². The van der Waals surface area contributed by atoms with E-state index in [1.54, 1.807) is 26.4 Å². The molecule has 0 aliphatic rings. The number of hydrogen-bond acceptors (Lipinski definition) is 5. The predicted octanol–water partition coefficient (Wildman–Crippen LogP) is 2.50. The highest BCUT2D eigenvalue weighted by Gasteiger charge is 2.05. The normalized spacial score (nSPS) is 9.79. The van der Waals surface area contributed by atoms with Crippen molar-refractivity contribution in [3.8, 4) is 11.5 Å². The van der Waals surface area contributed by atoms with Gasteiger partial charge in [-0.15, -0.1) is 0 Å². The summed E-state index contributed by atoms with van der Waals surface area (Å²) < 4.78 is 20.7. The van der Waals surface area contributed by atoms with E-state index in [9.17, 15) is 0 Å². The van der Waals surface area contributed by atoms with Crippen LogP contribution in [0.2, 0.25) is 0 Å². The summed E-state index contributed by atoms with van der Waals surface area (Å²) >= 11 is 0. The molecule has 19 heavy (non-hydrogen) atoms. The lowest BCUT2D eigenvalue weighted by molar-refractivity contribution is -0.00945. The first-order valence-electron chi connectivity index (χ1n) is 5.69. The monoisotopic (exact) mass is 267 g/mol. The zero-order chi connectivity index (χ0) is 13.9. The molecule has 104 valence electrons. The predicted molar refractivity (Wildman–Crippen MR) is 69.2 cm³/mol. The minimum absolute atomic E-state index is 0.120. The molecule has 7 nitrogen and oxygen atoms in total. The van der Waals surface area contributed by atoms with Crippen LogP contribution in [0.15, 0.2) is 23.3 Å². The summed E-state index contributed by atoms with van der Waals surface area (Å²) in [6.07, 6.45) is 0. The molecule has 0 heterocycles. The van der Waals surface area contributed by atoms with Gasteiger partial charge in [-0.3, -0.25) is 0 Å². The summed E-state index contributed by atoms with van der Waals surface area (Å²) in [5, 5.41) is 3.49. The van der Waals surface area contributed by atoms with Crippen molar-refractivity contribution >= 4 is 0 Å². The van der Waals surface area contributed by atoms with Crippen molar-refractivity contribution in [2.45, 2.75) is 6.54 Å². The summed E-state index contributed by atoms with van der Waals surface area (Å²) in [7, 11) is 3.15. The summed E-state index contributed by atoms with van der Waals surface area (Å²) in [5.41, 5.74) is 9.12. The van der Waals surface area contributed by atoms with Crippen LogP contribution < -0.4 is 9.47 Å².